The molecule has 0 spiro atoms. The van der Waals surface area contributed by atoms with Gasteiger partial charge in [0.25, 0.3) is 8.32 Å². The summed E-state index contributed by atoms with van der Waals surface area (Å²) in [6.45, 7) is 16.5. The van der Waals surface area contributed by atoms with Gasteiger partial charge in [-0.3, -0.25) is 0 Å². The molecule has 2 aliphatic rings. The number of amides is 1. The van der Waals surface area contributed by atoms with Crippen LogP contribution in [0, 0.1) is 5.92 Å². The molecule has 0 aromatic heterocycles. The fraction of sp³-hybridized carbons (Fsp3) is 0.591. The third-order valence-electron chi connectivity index (χ3n) is 5.68. The zero-order valence-electron chi connectivity index (χ0n) is 18.3. The standard InChI is InChI=1S/C22H33NO4Si/c1-21(2,3)26-20(24)23-17(27-28(7,8)22(4,5)6)14-16-18(25-19(16)23)15-12-10-9-11-13-15/h9-14,16,18-19H,1-8H3. The third-order valence-corrected chi connectivity index (χ3v) is 10.0. The fourth-order valence-electron chi connectivity index (χ4n) is 3.11. The molecule has 6 heteroatoms. The number of carbonyl (C=O) groups is 1. The van der Waals surface area contributed by atoms with E-state index in [1.165, 1.54) is 0 Å². The van der Waals surface area contributed by atoms with Crippen LogP contribution in [0.5, 0.6) is 0 Å². The van der Waals surface area contributed by atoms with Gasteiger partial charge in [-0.25, -0.2) is 9.69 Å². The predicted molar refractivity (Wildman–Crippen MR) is 112 cm³/mol. The van der Waals surface area contributed by atoms with Crippen molar-refractivity contribution in [2.45, 2.75) is 77.6 Å². The third kappa shape index (κ3) is 3.98. The molecule has 1 fully saturated rings. The van der Waals surface area contributed by atoms with E-state index in [9.17, 15) is 4.79 Å². The predicted octanol–water partition coefficient (Wildman–Crippen LogP) is 5.81. The van der Waals surface area contributed by atoms with Crippen LogP contribution in [0.4, 0.5) is 4.79 Å². The van der Waals surface area contributed by atoms with Crippen molar-refractivity contribution < 1.29 is 18.7 Å². The minimum absolute atomic E-state index is 0.0226. The topological polar surface area (TPSA) is 48.0 Å². The molecule has 1 amide bonds. The summed E-state index contributed by atoms with van der Waals surface area (Å²) in [7, 11) is -2.12. The summed E-state index contributed by atoms with van der Waals surface area (Å²) in [5, 5.41) is 0.0226. The minimum atomic E-state index is -2.12. The van der Waals surface area contributed by atoms with Gasteiger partial charge in [0.05, 0.1) is 12.0 Å². The second kappa shape index (κ2) is 6.92. The first-order chi connectivity index (χ1) is 12.8. The summed E-state index contributed by atoms with van der Waals surface area (Å²) in [6.07, 6.45) is 1.18. The number of hydrogen-bond acceptors (Lipinski definition) is 4. The number of carbonyl (C=O) groups excluding carboxylic acids is 1. The molecule has 2 aliphatic heterocycles. The molecule has 3 atom stereocenters. The normalized spacial score (nSPS) is 24.9. The molecular formula is C22H33NO4Si. The molecule has 0 radical (unpaired) electrons. The van der Waals surface area contributed by atoms with Crippen molar-refractivity contribution in [3.8, 4) is 0 Å². The Morgan fingerprint density at radius 3 is 2.21 bits per heavy atom. The van der Waals surface area contributed by atoms with Crippen molar-refractivity contribution in [3.05, 3.63) is 47.9 Å². The van der Waals surface area contributed by atoms with Crippen molar-refractivity contribution >= 4 is 14.4 Å². The van der Waals surface area contributed by atoms with Crippen LogP contribution in [0.2, 0.25) is 18.1 Å². The zero-order valence-corrected chi connectivity index (χ0v) is 19.3. The molecule has 1 saturated heterocycles. The van der Waals surface area contributed by atoms with Crippen LogP contribution in [0.1, 0.15) is 53.2 Å². The summed E-state index contributed by atoms with van der Waals surface area (Å²) in [5.74, 6) is 0.643. The summed E-state index contributed by atoms with van der Waals surface area (Å²) in [5.41, 5.74) is 0.525. The summed E-state index contributed by atoms with van der Waals surface area (Å²) >= 11 is 0. The highest BCUT2D eigenvalue weighted by atomic mass is 28.4. The summed E-state index contributed by atoms with van der Waals surface area (Å²) in [4.78, 5) is 14.5. The first-order valence-electron chi connectivity index (χ1n) is 9.94. The van der Waals surface area contributed by atoms with Gasteiger partial charge in [-0.1, -0.05) is 51.1 Å². The lowest BCUT2D eigenvalue weighted by Crippen LogP contribution is -2.53. The van der Waals surface area contributed by atoms with E-state index in [1.54, 1.807) is 4.90 Å². The Balaban J connectivity index is 1.88. The second-order valence-corrected chi connectivity index (χ2v) is 14.9. The number of fused-ring (bicyclic) bond motifs is 1. The monoisotopic (exact) mass is 403 g/mol. The quantitative estimate of drug-likeness (QED) is 0.597. The van der Waals surface area contributed by atoms with E-state index >= 15 is 0 Å². The Morgan fingerprint density at radius 2 is 1.68 bits per heavy atom. The van der Waals surface area contributed by atoms with E-state index in [0.717, 1.165) is 5.56 Å². The largest absolute Gasteiger partial charge is 0.532 e. The van der Waals surface area contributed by atoms with Crippen molar-refractivity contribution in [2.24, 2.45) is 5.92 Å². The Hall–Kier alpha value is -1.79. The molecule has 1 aromatic carbocycles. The summed E-state index contributed by atoms with van der Waals surface area (Å²) in [6, 6.07) is 10.1. The van der Waals surface area contributed by atoms with E-state index in [0.29, 0.717) is 5.88 Å². The molecule has 0 bridgehead atoms. The van der Waals surface area contributed by atoms with E-state index in [2.05, 4.69) is 52.1 Å². The molecular weight excluding hydrogens is 370 g/mol. The van der Waals surface area contributed by atoms with Gasteiger partial charge in [-0.15, -0.1) is 0 Å². The van der Waals surface area contributed by atoms with E-state index in [4.69, 9.17) is 13.9 Å². The Bertz CT molecular complexity index is 761. The molecule has 3 rings (SSSR count). The number of ether oxygens (including phenoxy) is 2. The van der Waals surface area contributed by atoms with Crippen LogP contribution in [0.15, 0.2) is 42.3 Å². The molecule has 154 valence electrons. The number of rotatable bonds is 3. The van der Waals surface area contributed by atoms with Crippen molar-refractivity contribution in [1.29, 1.82) is 0 Å². The van der Waals surface area contributed by atoms with Crippen LogP contribution in [-0.4, -0.2) is 31.1 Å². The average molecular weight is 404 g/mol. The number of benzene rings is 1. The van der Waals surface area contributed by atoms with E-state index < -0.39 is 20.0 Å². The van der Waals surface area contributed by atoms with Crippen molar-refractivity contribution in [3.63, 3.8) is 0 Å². The van der Waals surface area contributed by atoms with Gasteiger partial charge >= 0.3 is 6.09 Å². The van der Waals surface area contributed by atoms with Crippen LogP contribution in [-0.2, 0) is 13.9 Å². The van der Waals surface area contributed by atoms with Crippen molar-refractivity contribution in [2.75, 3.05) is 0 Å². The van der Waals surface area contributed by atoms with Gasteiger partial charge < -0.3 is 13.9 Å². The molecule has 0 saturated carbocycles. The summed E-state index contributed by atoms with van der Waals surface area (Å²) < 4.78 is 18.3. The first-order valence-corrected chi connectivity index (χ1v) is 12.8. The first kappa shape index (κ1) is 20.9. The van der Waals surface area contributed by atoms with Gasteiger partial charge in [-0.05, 0) is 50.5 Å². The van der Waals surface area contributed by atoms with Gasteiger partial charge in [-0.2, -0.15) is 0 Å². The van der Waals surface area contributed by atoms with Crippen molar-refractivity contribution in [1.82, 2.24) is 4.90 Å². The molecule has 3 unspecified atom stereocenters. The van der Waals surface area contributed by atoms with Crippen LogP contribution < -0.4 is 0 Å². The van der Waals surface area contributed by atoms with Gasteiger partial charge in [0.1, 0.15) is 5.60 Å². The van der Waals surface area contributed by atoms with Gasteiger partial charge in [0.2, 0.25) is 0 Å². The maximum Gasteiger partial charge on any atom is 0.419 e. The average Bonchev–Trinajstić information content (AvgIpc) is 2.78. The van der Waals surface area contributed by atoms with Crippen LogP contribution >= 0.6 is 0 Å². The van der Waals surface area contributed by atoms with Crippen LogP contribution in [0.3, 0.4) is 0 Å². The maximum absolute atomic E-state index is 13.0. The molecule has 0 N–H and O–H groups in total. The molecule has 0 aliphatic carbocycles. The molecule has 2 heterocycles. The lowest BCUT2D eigenvalue weighted by Gasteiger charge is -2.44. The molecule has 28 heavy (non-hydrogen) atoms. The highest BCUT2D eigenvalue weighted by Crippen LogP contribution is 2.51. The number of nitrogens with zero attached hydrogens (tertiary/aromatic N) is 1. The smallest absolute Gasteiger partial charge is 0.419 e. The SMILES string of the molecule is CC(C)(C)OC(=O)N1C(O[Si](C)(C)C(C)(C)C)=CC2C(c3ccccc3)OC21. The lowest BCUT2D eigenvalue weighted by molar-refractivity contribution is -0.212. The molecule has 5 nitrogen and oxygen atoms in total. The molecule has 1 aromatic rings. The highest BCUT2D eigenvalue weighted by Gasteiger charge is 2.55. The minimum Gasteiger partial charge on any atom is -0.532 e. The van der Waals surface area contributed by atoms with Gasteiger partial charge in [0, 0.05) is 0 Å². The Morgan fingerprint density at radius 1 is 1.07 bits per heavy atom. The fourth-order valence-corrected chi connectivity index (χ4v) is 4.11. The Kier molecular flexibility index (Phi) is 5.17. The van der Waals surface area contributed by atoms with E-state index in [-0.39, 0.29) is 23.3 Å². The van der Waals surface area contributed by atoms with Gasteiger partial charge in [0.15, 0.2) is 12.1 Å². The lowest BCUT2D eigenvalue weighted by atomic mass is 9.90. The van der Waals surface area contributed by atoms with E-state index in [1.807, 2.05) is 39.0 Å². The second-order valence-electron chi connectivity index (χ2n) is 10.2. The van der Waals surface area contributed by atoms with Crippen LogP contribution in [0.25, 0.3) is 0 Å². The highest BCUT2D eigenvalue weighted by molar-refractivity contribution is 6.74. The maximum atomic E-state index is 13.0. The zero-order chi connectivity index (χ0) is 20.9. The Labute approximate surface area is 169 Å². The number of hydrogen-bond donors (Lipinski definition) is 0.